The number of hydrogen-bond acceptors (Lipinski definition) is 7. The van der Waals surface area contributed by atoms with E-state index in [2.05, 4.69) is 10.6 Å². The number of urea groups is 1. The van der Waals surface area contributed by atoms with Crippen molar-refractivity contribution in [1.29, 1.82) is 0 Å². The Bertz CT molecular complexity index is 838. The van der Waals surface area contributed by atoms with Gasteiger partial charge in [0.2, 0.25) is 0 Å². The molecule has 1 atom stereocenters. The molecule has 2 rings (SSSR count). The Hall–Kier alpha value is -2.50. The largest absolute Gasteiger partial charge is 0.490 e. The molecule has 0 radical (unpaired) electrons. The van der Waals surface area contributed by atoms with Gasteiger partial charge in [-0.05, 0) is 61.1 Å². The van der Waals surface area contributed by atoms with E-state index in [1.807, 2.05) is 29.5 Å². The van der Waals surface area contributed by atoms with Gasteiger partial charge in [0.15, 0.2) is 18.1 Å². The Morgan fingerprint density at radius 3 is 2.52 bits per heavy atom. The van der Waals surface area contributed by atoms with Gasteiger partial charge in [0.25, 0.3) is 0 Å². The number of carbonyl (C=O) groups excluding carboxylic acids is 3. The fraction of sp³-hybridized carbons (Fsp3) is 0.421. The number of ether oxygens (including phenoxy) is 4. The number of methoxy groups -OCH3 is 1. The van der Waals surface area contributed by atoms with E-state index in [1.165, 1.54) is 7.11 Å². The average molecular weight is 518 g/mol. The van der Waals surface area contributed by atoms with Crippen LogP contribution >= 0.6 is 22.6 Å². The lowest BCUT2D eigenvalue weighted by molar-refractivity contribution is -0.145. The summed E-state index contributed by atoms with van der Waals surface area (Å²) in [6, 6.07) is 2.24. The monoisotopic (exact) mass is 518 g/mol. The molecule has 0 unspecified atom stereocenters. The lowest BCUT2D eigenvalue weighted by atomic mass is 9.95. The molecule has 0 saturated heterocycles. The van der Waals surface area contributed by atoms with Crippen LogP contribution in [0.4, 0.5) is 4.79 Å². The van der Waals surface area contributed by atoms with E-state index in [0.29, 0.717) is 32.9 Å². The van der Waals surface area contributed by atoms with E-state index in [-0.39, 0.29) is 18.8 Å². The highest BCUT2D eigenvalue weighted by atomic mass is 127. The smallest absolute Gasteiger partial charge is 0.344 e. The second-order valence-corrected chi connectivity index (χ2v) is 7.08. The van der Waals surface area contributed by atoms with Gasteiger partial charge in [-0.3, -0.25) is 0 Å². The number of benzene rings is 1. The molecule has 0 fully saturated rings. The van der Waals surface area contributed by atoms with Crippen molar-refractivity contribution < 1.29 is 33.3 Å². The standard InChI is InChI=1S/C19H23IN2O7/c1-5-27-13-8-11(7-12(20)17(13)29-9-14(23)28-6-2)16-15(18(24)26-4)10(3)21-19(25)22-16/h7-8,16H,5-6,9H2,1-4H3,(H2,21,22,25)/t16-/m1/s1. The summed E-state index contributed by atoms with van der Waals surface area (Å²) >= 11 is 2.04. The molecule has 1 aromatic carbocycles. The molecule has 0 spiro atoms. The summed E-state index contributed by atoms with van der Waals surface area (Å²) in [6.07, 6.45) is 0. The highest BCUT2D eigenvalue weighted by Gasteiger charge is 2.33. The molecule has 1 aliphatic heterocycles. The summed E-state index contributed by atoms with van der Waals surface area (Å²) in [7, 11) is 1.28. The number of halogens is 1. The van der Waals surface area contributed by atoms with Gasteiger partial charge in [0, 0.05) is 5.70 Å². The second kappa shape index (κ2) is 10.3. The molecular weight excluding hydrogens is 495 g/mol. The minimum Gasteiger partial charge on any atom is -0.490 e. The zero-order chi connectivity index (χ0) is 21.6. The molecule has 29 heavy (non-hydrogen) atoms. The van der Waals surface area contributed by atoms with Gasteiger partial charge >= 0.3 is 18.0 Å². The fourth-order valence-electron chi connectivity index (χ4n) is 2.82. The Morgan fingerprint density at radius 1 is 1.17 bits per heavy atom. The predicted octanol–water partition coefficient (Wildman–Crippen LogP) is 2.43. The van der Waals surface area contributed by atoms with E-state index in [9.17, 15) is 14.4 Å². The molecule has 2 N–H and O–H groups in total. The van der Waals surface area contributed by atoms with Crippen molar-refractivity contribution in [1.82, 2.24) is 10.6 Å². The summed E-state index contributed by atoms with van der Waals surface area (Å²) in [5.41, 5.74) is 1.29. The minimum atomic E-state index is -0.733. The molecule has 0 saturated carbocycles. The first kappa shape index (κ1) is 22.8. The first-order chi connectivity index (χ1) is 13.8. The van der Waals surface area contributed by atoms with Crippen molar-refractivity contribution in [2.24, 2.45) is 0 Å². The zero-order valence-electron chi connectivity index (χ0n) is 16.6. The maximum absolute atomic E-state index is 12.3. The zero-order valence-corrected chi connectivity index (χ0v) is 18.7. The van der Waals surface area contributed by atoms with Crippen LogP contribution < -0.4 is 20.1 Å². The van der Waals surface area contributed by atoms with E-state index in [1.54, 1.807) is 26.0 Å². The van der Waals surface area contributed by atoms with Crippen LogP contribution in [0, 0.1) is 3.57 Å². The molecular formula is C19H23IN2O7. The van der Waals surface area contributed by atoms with Crippen LogP contribution in [0.15, 0.2) is 23.4 Å². The lowest BCUT2D eigenvalue weighted by Gasteiger charge is -2.28. The van der Waals surface area contributed by atoms with E-state index >= 15 is 0 Å². The highest BCUT2D eigenvalue weighted by molar-refractivity contribution is 14.1. The molecule has 10 heteroatoms. The van der Waals surface area contributed by atoms with Crippen LogP contribution in [0.3, 0.4) is 0 Å². The summed E-state index contributed by atoms with van der Waals surface area (Å²) in [5, 5.41) is 5.30. The van der Waals surface area contributed by atoms with Crippen molar-refractivity contribution >= 4 is 40.6 Å². The van der Waals surface area contributed by atoms with Gasteiger partial charge in [0.1, 0.15) is 0 Å². The van der Waals surface area contributed by atoms with Gasteiger partial charge in [-0.25, -0.2) is 14.4 Å². The Balaban J connectivity index is 2.45. The van der Waals surface area contributed by atoms with Crippen LogP contribution in [0.25, 0.3) is 0 Å². The van der Waals surface area contributed by atoms with Crippen molar-refractivity contribution in [3.63, 3.8) is 0 Å². The summed E-state index contributed by atoms with van der Waals surface area (Å²) in [4.78, 5) is 35.9. The average Bonchev–Trinajstić information content (AvgIpc) is 2.66. The molecule has 9 nitrogen and oxygen atoms in total. The van der Waals surface area contributed by atoms with E-state index in [4.69, 9.17) is 18.9 Å². The van der Waals surface area contributed by atoms with Crippen molar-refractivity contribution in [2.75, 3.05) is 26.9 Å². The van der Waals surface area contributed by atoms with Crippen LogP contribution in [0.5, 0.6) is 11.5 Å². The van der Waals surface area contributed by atoms with Crippen LogP contribution in [0.2, 0.25) is 0 Å². The Labute approximate surface area is 182 Å². The quantitative estimate of drug-likeness (QED) is 0.402. The maximum Gasteiger partial charge on any atom is 0.344 e. The normalized spacial score (nSPS) is 15.9. The van der Waals surface area contributed by atoms with Gasteiger partial charge < -0.3 is 29.6 Å². The molecule has 1 heterocycles. The van der Waals surface area contributed by atoms with Gasteiger partial charge in [0.05, 0.1) is 35.5 Å². The molecule has 1 aromatic rings. The van der Waals surface area contributed by atoms with Crippen LogP contribution in [0.1, 0.15) is 32.4 Å². The predicted molar refractivity (Wildman–Crippen MR) is 112 cm³/mol. The Morgan fingerprint density at radius 2 is 1.90 bits per heavy atom. The van der Waals surface area contributed by atoms with Crippen molar-refractivity contribution in [2.45, 2.75) is 26.8 Å². The second-order valence-electron chi connectivity index (χ2n) is 5.92. The molecule has 0 aliphatic carbocycles. The fourth-order valence-corrected chi connectivity index (χ4v) is 3.60. The van der Waals surface area contributed by atoms with Gasteiger partial charge in [-0.15, -0.1) is 0 Å². The first-order valence-corrected chi connectivity index (χ1v) is 10.0. The van der Waals surface area contributed by atoms with Gasteiger partial charge in [-0.2, -0.15) is 0 Å². The minimum absolute atomic E-state index is 0.258. The molecule has 0 aromatic heterocycles. The topological polar surface area (TPSA) is 112 Å². The lowest BCUT2D eigenvalue weighted by Crippen LogP contribution is -2.45. The molecule has 2 amide bonds. The van der Waals surface area contributed by atoms with Crippen molar-refractivity contribution in [3.8, 4) is 11.5 Å². The number of rotatable bonds is 8. The number of hydrogen-bond donors (Lipinski definition) is 2. The molecule has 0 bridgehead atoms. The van der Waals surface area contributed by atoms with Crippen LogP contribution in [-0.2, 0) is 19.1 Å². The van der Waals surface area contributed by atoms with Crippen molar-refractivity contribution in [3.05, 3.63) is 32.5 Å². The number of nitrogens with one attached hydrogen (secondary N) is 2. The van der Waals surface area contributed by atoms with E-state index < -0.39 is 24.0 Å². The number of carbonyl (C=O) groups is 3. The SMILES string of the molecule is CCOC(=O)COc1c(I)cc([C@H]2NC(=O)NC(C)=C2C(=O)OC)cc1OCC. The summed E-state index contributed by atoms with van der Waals surface area (Å²) < 4.78 is 21.7. The summed E-state index contributed by atoms with van der Waals surface area (Å²) in [5.74, 6) is -0.291. The molecule has 158 valence electrons. The Kier molecular flexibility index (Phi) is 8.11. The third-order valence-electron chi connectivity index (χ3n) is 3.98. The third kappa shape index (κ3) is 5.52. The first-order valence-electron chi connectivity index (χ1n) is 8.93. The van der Waals surface area contributed by atoms with Crippen LogP contribution in [-0.4, -0.2) is 44.9 Å². The number of amides is 2. The maximum atomic E-state index is 12.3. The molecule has 1 aliphatic rings. The van der Waals surface area contributed by atoms with Gasteiger partial charge in [-0.1, -0.05) is 0 Å². The van der Waals surface area contributed by atoms with E-state index in [0.717, 1.165) is 0 Å². The summed E-state index contributed by atoms with van der Waals surface area (Å²) in [6.45, 7) is 5.50. The highest BCUT2D eigenvalue weighted by Crippen LogP contribution is 2.38. The number of esters is 2. The number of allylic oxidation sites excluding steroid dienone is 1. The third-order valence-corrected chi connectivity index (χ3v) is 4.78.